The molecule has 10 nitrogen and oxygen atoms in total. The van der Waals surface area contributed by atoms with Crippen LogP contribution >= 0.6 is 0 Å². The number of fused-ring (bicyclic) bond motifs is 8. The van der Waals surface area contributed by atoms with Crippen molar-refractivity contribution in [3.05, 3.63) is 78.1 Å². The van der Waals surface area contributed by atoms with E-state index in [0.29, 0.717) is 33.9 Å². The average Bonchev–Trinajstić information content (AvgIpc) is 3.78. The Morgan fingerprint density at radius 2 is 1.66 bits per heavy atom. The number of allylic oxidation sites excluding steroid dienone is 1. The fourth-order valence-corrected chi connectivity index (χ4v) is 7.44. The first-order valence-corrected chi connectivity index (χ1v) is 15.6. The summed E-state index contributed by atoms with van der Waals surface area (Å²) in [6, 6.07) is -0.455. The normalized spacial score (nSPS) is 23.7. The third-order valence-electron chi connectivity index (χ3n) is 10.0. The Bertz CT molecular complexity index is 2080. The standard InChI is InChI=1S/C36H39N4O6.Mg/c1-8-20-16(2)24-14-28-21(11-12-41)17(3)23(38-28)13-25-18(4)22(9-10-29(42)45-6)33(39-25)31-32(36(44)46-7)35(43)30-19(5)26(40-34(30)31)15-27(20)37-24;/h11-15,18,22,32-33,39,41,43H,8-10H2,1-7H3;/q-3;+2/b12-11-,24-14-,25-13-,27-15-;/t18-,22-,32+,33?;/m0./s1. The summed E-state index contributed by atoms with van der Waals surface area (Å²) >= 11 is 0. The summed E-state index contributed by atoms with van der Waals surface area (Å²) in [6.07, 6.45) is 9.94. The van der Waals surface area contributed by atoms with Crippen molar-refractivity contribution in [3.63, 3.8) is 0 Å². The minimum atomic E-state index is -1.04. The second-order valence-electron chi connectivity index (χ2n) is 12.3. The minimum absolute atomic E-state index is 0. The van der Waals surface area contributed by atoms with Gasteiger partial charge in [0.15, 0.2) is 0 Å². The van der Waals surface area contributed by atoms with Gasteiger partial charge in [0.2, 0.25) is 0 Å². The van der Waals surface area contributed by atoms with Crippen molar-refractivity contribution >= 4 is 70.6 Å². The van der Waals surface area contributed by atoms with Gasteiger partial charge in [-0.25, -0.2) is 0 Å². The Kier molecular flexibility index (Phi) is 9.61. The van der Waals surface area contributed by atoms with Gasteiger partial charge in [0.25, 0.3) is 0 Å². The van der Waals surface area contributed by atoms with Crippen LogP contribution < -0.4 is 41.5 Å². The molecule has 3 aromatic rings. The van der Waals surface area contributed by atoms with Crippen LogP contribution in [0.5, 0.6) is 0 Å². The second-order valence-corrected chi connectivity index (χ2v) is 12.3. The number of esters is 2. The third kappa shape index (κ3) is 5.52. The Hall–Kier alpha value is -4.09. The molecule has 1 aliphatic carbocycles. The SMILES string of the molecule is CCc1c(C)/c2[n-]/c1=C\c1[n-]c3c(c1C)=C(O)[C@H](C(=O)OC)C=3C1N/C(=C\c3[n-]c(c(/C=C\O)c3C)\C=2)[C@@H](C)[C@@H]1CCC(=O)OC.[Mg+2]. The van der Waals surface area contributed by atoms with E-state index >= 15 is 0 Å². The first-order valence-electron chi connectivity index (χ1n) is 15.6. The number of ether oxygens (including phenoxy) is 2. The van der Waals surface area contributed by atoms with Crippen molar-refractivity contribution in [1.82, 2.24) is 20.3 Å². The molecule has 4 atom stereocenters. The van der Waals surface area contributed by atoms with Crippen LogP contribution in [-0.2, 0) is 25.5 Å². The van der Waals surface area contributed by atoms with E-state index in [4.69, 9.17) is 24.4 Å². The zero-order chi connectivity index (χ0) is 33.0. The molecule has 1 fully saturated rings. The van der Waals surface area contributed by atoms with Crippen LogP contribution in [-0.4, -0.2) is 65.5 Å². The smallest absolute Gasteiger partial charge is 0.657 e. The number of aromatic nitrogens is 3. The maximum atomic E-state index is 13.3. The first-order chi connectivity index (χ1) is 22.0. The Balaban J connectivity index is 0.00000433. The molecule has 3 N–H and O–H groups in total. The molecule has 0 spiro atoms. The summed E-state index contributed by atoms with van der Waals surface area (Å²) in [6.45, 7) is 10.1. The van der Waals surface area contributed by atoms with Crippen LogP contribution in [0.3, 0.4) is 0 Å². The molecule has 0 amide bonds. The molecule has 8 bridgehead atoms. The number of rotatable bonds is 6. The predicted molar refractivity (Wildman–Crippen MR) is 180 cm³/mol. The van der Waals surface area contributed by atoms with Gasteiger partial charge in [-0.15, -0.1) is 33.1 Å². The van der Waals surface area contributed by atoms with E-state index in [0.717, 1.165) is 62.6 Å². The third-order valence-corrected chi connectivity index (χ3v) is 10.0. The fraction of sp³-hybridized carbons (Fsp3) is 0.389. The van der Waals surface area contributed by atoms with Gasteiger partial charge in [-0.1, -0.05) is 54.3 Å². The van der Waals surface area contributed by atoms with Gasteiger partial charge in [0.05, 0.1) is 26.5 Å². The van der Waals surface area contributed by atoms with E-state index in [2.05, 4.69) is 19.2 Å². The molecule has 47 heavy (non-hydrogen) atoms. The summed E-state index contributed by atoms with van der Waals surface area (Å²) in [4.78, 5) is 40.7. The van der Waals surface area contributed by atoms with Crippen LogP contribution in [0.2, 0.25) is 0 Å². The predicted octanol–water partition coefficient (Wildman–Crippen LogP) is 1.00. The van der Waals surface area contributed by atoms with Crippen molar-refractivity contribution in [2.24, 2.45) is 17.8 Å². The van der Waals surface area contributed by atoms with E-state index in [-0.39, 0.29) is 53.0 Å². The molecule has 6 rings (SSSR count). The van der Waals surface area contributed by atoms with E-state index in [1.54, 1.807) is 6.08 Å². The summed E-state index contributed by atoms with van der Waals surface area (Å²) in [7, 11) is 2.68. The van der Waals surface area contributed by atoms with Gasteiger partial charge < -0.3 is 40.0 Å². The molecule has 1 unspecified atom stereocenters. The Morgan fingerprint density at radius 1 is 0.957 bits per heavy atom. The molecule has 3 aromatic heterocycles. The Labute approximate surface area is 289 Å². The number of nitrogens with zero attached hydrogens (tertiary/aromatic N) is 3. The van der Waals surface area contributed by atoms with Crippen molar-refractivity contribution in [2.75, 3.05) is 14.2 Å². The summed E-state index contributed by atoms with van der Waals surface area (Å²) in [5.74, 6) is -2.28. The van der Waals surface area contributed by atoms with E-state index < -0.39 is 17.9 Å². The van der Waals surface area contributed by atoms with Crippen molar-refractivity contribution < 1.29 is 29.3 Å². The van der Waals surface area contributed by atoms with Gasteiger partial charge in [0, 0.05) is 23.3 Å². The summed E-state index contributed by atoms with van der Waals surface area (Å²) in [5, 5.41) is 27.7. The molecule has 2 aliphatic heterocycles. The molecule has 5 heterocycles. The number of nitrogens with one attached hydrogen (secondary N) is 1. The van der Waals surface area contributed by atoms with Crippen molar-refractivity contribution in [3.8, 4) is 0 Å². The maximum absolute atomic E-state index is 13.3. The van der Waals surface area contributed by atoms with Crippen LogP contribution in [0.15, 0.2) is 12.0 Å². The molecule has 0 radical (unpaired) electrons. The van der Waals surface area contributed by atoms with E-state index in [9.17, 15) is 19.8 Å². The number of aliphatic hydroxyl groups is 2. The quantitative estimate of drug-likeness (QED) is 0.201. The molecular formula is C36H39MgN4O6-. The monoisotopic (exact) mass is 647 g/mol. The topological polar surface area (TPSA) is 147 Å². The maximum Gasteiger partial charge on any atom is 2.00 e. The number of methoxy groups -OCH3 is 2. The number of carbonyl (C=O) groups excluding carboxylic acids is 2. The summed E-state index contributed by atoms with van der Waals surface area (Å²) < 4.78 is 10.2. The first kappa shape index (κ1) is 34.2. The number of hydrogen-bond donors (Lipinski definition) is 3. The minimum Gasteiger partial charge on any atom is -0.657 e. The van der Waals surface area contributed by atoms with Crippen LogP contribution in [0.25, 0.3) is 35.6 Å². The van der Waals surface area contributed by atoms with Crippen molar-refractivity contribution in [1.29, 1.82) is 0 Å². The second kappa shape index (κ2) is 13.2. The van der Waals surface area contributed by atoms with E-state index in [1.165, 1.54) is 14.2 Å². The largest absolute Gasteiger partial charge is 2.00 e. The van der Waals surface area contributed by atoms with Crippen LogP contribution in [0.1, 0.15) is 71.6 Å². The van der Waals surface area contributed by atoms with Gasteiger partial charge >= 0.3 is 35.0 Å². The summed E-state index contributed by atoms with van der Waals surface area (Å²) in [5.41, 5.74) is 8.08. The molecule has 1 saturated heterocycles. The van der Waals surface area contributed by atoms with E-state index in [1.807, 2.05) is 39.0 Å². The molecule has 0 saturated carbocycles. The van der Waals surface area contributed by atoms with Crippen molar-refractivity contribution in [2.45, 2.75) is 59.9 Å². The fourth-order valence-electron chi connectivity index (χ4n) is 7.44. The molecular weight excluding hydrogens is 609 g/mol. The average molecular weight is 648 g/mol. The number of carbonyl (C=O) groups is 2. The molecule has 3 aliphatic rings. The van der Waals surface area contributed by atoms with Crippen LogP contribution in [0, 0.1) is 38.5 Å². The number of aliphatic hydroxyl groups excluding tert-OH is 2. The van der Waals surface area contributed by atoms with Gasteiger partial charge in [-0.3, -0.25) is 9.59 Å². The van der Waals surface area contributed by atoms with Gasteiger partial charge in [-0.2, -0.15) is 0 Å². The molecule has 11 heteroatoms. The van der Waals surface area contributed by atoms with Gasteiger partial charge in [0.1, 0.15) is 11.7 Å². The Morgan fingerprint density at radius 3 is 2.32 bits per heavy atom. The van der Waals surface area contributed by atoms with Crippen LogP contribution in [0.4, 0.5) is 0 Å². The zero-order valence-electron chi connectivity index (χ0n) is 27.9. The van der Waals surface area contributed by atoms with Gasteiger partial charge in [-0.05, 0) is 56.7 Å². The number of hydrogen-bond acceptors (Lipinski definition) is 7. The molecule has 0 aromatic carbocycles. The molecule has 242 valence electrons. The zero-order valence-corrected chi connectivity index (χ0v) is 29.3.